The van der Waals surface area contributed by atoms with Gasteiger partial charge >= 0.3 is 0 Å². The van der Waals surface area contributed by atoms with Crippen LogP contribution in [-0.4, -0.2) is 24.9 Å². The van der Waals surface area contributed by atoms with Gasteiger partial charge in [0.2, 0.25) is 0 Å². The minimum Gasteiger partial charge on any atom is -0.497 e. The summed E-state index contributed by atoms with van der Waals surface area (Å²) in [4.78, 5) is 0. The first-order valence-electron chi connectivity index (χ1n) is 6.55. The molecule has 1 saturated carbocycles. The van der Waals surface area contributed by atoms with Crippen molar-refractivity contribution < 1.29 is 9.84 Å². The normalized spacial score (nSPS) is 23.7. The van der Waals surface area contributed by atoms with Crippen LogP contribution < -0.4 is 15.8 Å². The summed E-state index contributed by atoms with van der Waals surface area (Å²) in [6.45, 7) is 0.238. The van der Waals surface area contributed by atoms with Crippen LogP contribution in [0.3, 0.4) is 0 Å². The number of hydrogen-bond donors (Lipinski definition) is 3. The zero-order valence-electron chi connectivity index (χ0n) is 10.9. The molecule has 0 heterocycles. The van der Waals surface area contributed by atoms with Gasteiger partial charge in [-0.15, -0.1) is 0 Å². The van der Waals surface area contributed by atoms with E-state index in [1.165, 1.54) is 12.8 Å². The van der Waals surface area contributed by atoms with Crippen LogP contribution in [0.25, 0.3) is 0 Å². The number of aliphatic hydroxyl groups is 1. The van der Waals surface area contributed by atoms with Gasteiger partial charge < -0.3 is 20.9 Å². The third-order valence-corrected chi connectivity index (χ3v) is 3.74. The molecule has 0 bridgehead atoms. The molecule has 2 atom stereocenters. The molecule has 4 N–H and O–H groups in total. The van der Waals surface area contributed by atoms with Crippen LogP contribution in [0.5, 0.6) is 5.75 Å². The summed E-state index contributed by atoms with van der Waals surface area (Å²) in [5, 5.41) is 12.9. The number of nitrogen functional groups attached to an aromatic ring is 1. The number of ether oxygens (including phenoxy) is 1. The van der Waals surface area contributed by atoms with E-state index in [0.717, 1.165) is 30.0 Å². The molecule has 4 nitrogen and oxygen atoms in total. The van der Waals surface area contributed by atoms with Crippen molar-refractivity contribution in [2.45, 2.75) is 31.7 Å². The third kappa shape index (κ3) is 2.88. The predicted octanol–water partition coefficient (Wildman–Crippen LogP) is 2.24. The van der Waals surface area contributed by atoms with E-state index in [0.29, 0.717) is 12.0 Å². The van der Waals surface area contributed by atoms with Crippen molar-refractivity contribution in [3.8, 4) is 5.75 Å². The van der Waals surface area contributed by atoms with E-state index in [1.54, 1.807) is 7.11 Å². The number of nitrogens with one attached hydrogen (secondary N) is 1. The van der Waals surface area contributed by atoms with E-state index in [9.17, 15) is 5.11 Å². The molecule has 0 amide bonds. The van der Waals surface area contributed by atoms with Crippen molar-refractivity contribution in [1.82, 2.24) is 0 Å². The number of rotatable bonds is 4. The lowest BCUT2D eigenvalue weighted by molar-refractivity contribution is 0.178. The Morgan fingerprint density at radius 3 is 2.89 bits per heavy atom. The van der Waals surface area contributed by atoms with Gasteiger partial charge in [0.15, 0.2) is 0 Å². The van der Waals surface area contributed by atoms with Gasteiger partial charge in [-0.2, -0.15) is 0 Å². The lowest BCUT2D eigenvalue weighted by Gasteiger charge is -2.32. The molecular weight excluding hydrogens is 228 g/mol. The second-order valence-electron chi connectivity index (χ2n) is 4.93. The molecule has 0 radical (unpaired) electrons. The molecule has 18 heavy (non-hydrogen) atoms. The zero-order valence-corrected chi connectivity index (χ0v) is 10.9. The van der Waals surface area contributed by atoms with Crippen LogP contribution in [0.1, 0.15) is 25.7 Å². The zero-order chi connectivity index (χ0) is 13.0. The van der Waals surface area contributed by atoms with Gasteiger partial charge in [-0.25, -0.2) is 0 Å². The largest absolute Gasteiger partial charge is 0.497 e. The average Bonchev–Trinajstić information content (AvgIpc) is 2.42. The second kappa shape index (κ2) is 5.96. The molecule has 2 unspecified atom stereocenters. The average molecular weight is 250 g/mol. The van der Waals surface area contributed by atoms with Gasteiger partial charge in [0.1, 0.15) is 5.75 Å². The third-order valence-electron chi connectivity index (χ3n) is 3.74. The highest BCUT2D eigenvalue weighted by Crippen LogP contribution is 2.30. The Bertz CT molecular complexity index is 395. The van der Waals surface area contributed by atoms with Crippen LogP contribution in [0, 0.1) is 5.92 Å². The maximum Gasteiger partial charge on any atom is 0.121 e. The molecule has 1 aromatic carbocycles. The maximum absolute atomic E-state index is 9.41. The molecule has 0 aromatic heterocycles. The fourth-order valence-corrected chi connectivity index (χ4v) is 2.60. The van der Waals surface area contributed by atoms with Crippen molar-refractivity contribution in [1.29, 1.82) is 0 Å². The van der Waals surface area contributed by atoms with E-state index >= 15 is 0 Å². The van der Waals surface area contributed by atoms with Gasteiger partial charge in [0.05, 0.1) is 18.5 Å². The number of hydrogen-bond acceptors (Lipinski definition) is 4. The van der Waals surface area contributed by atoms with Crippen molar-refractivity contribution in [2.24, 2.45) is 5.92 Å². The van der Waals surface area contributed by atoms with Crippen LogP contribution in [-0.2, 0) is 0 Å². The van der Waals surface area contributed by atoms with Gasteiger partial charge in [0.25, 0.3) is 0 Å². The fraction of sp³-hybridized carbons (Fsp3) is 0.571. The Kier molecular flexibility index (Phi) is 4.31. The van der Waals surface area contributed by atoms with Gasteiger partial charge in [-0.05, 0) is 25.0 Å². The quantitative estimate of drug-likeness (QED) is 0.717. The van der Waals surface area contributed by atoms with E-state index in [4.69, 9.17) is 10.5 Å². The van der Waals surface area contributed by atoms with E-state index in [2.05, 4.69) is 5.32 Å². The number of anilines is 2. The summed E-state index contributed by atoms with van der Waals surface area (Å²) in [6.07, 6.45) is 4.58. The van der Waals surface area contributed by atoms with E-state index in [1.807, 2.05) is 18.2 Å². The van der Waals surface area contributed by atoms with Crippen LogP contribution in [0.2, 0.25) is 0 Å². The first-order valence-corrected chi connectivity index (χ1v) is 6.55. The lowest BCUT2D eigenvalue weighted by Crippen LogP contribution is -2.34. The molecule has 0 aliphatic heterocycles. The minimum atomic E-state index is 0.238. The van der Waals surface area contributed by atoms with Crippen LogP contribution in [0.4, 0.5) is 11.4 Å². The highest BCUT2D eigenvalue weighted by molar-refractivity contribution is 5.68. The van der Waals surface area contributed by atoms with Crippen LogP contribution in [0.15, 0.2) is 18.2 Å². The molecular formula is C14H22N2O2. The number of nitrogens with two attached hydrogens (primary N) is 1. The van der Waals surface area contributed by atoms with Gasteiger partial charge in [-0.1, -0.05) is 12.8 Å². The summed E-state index contributed by atoms with van der Waals surface area (Å²) in [5.41, 5.74) is 7.59. The van der Waals surface area contributed by atoms with Crippen molar-refractivity contribution in [2.75, 3.05) is 24.8 Å². The fourth-order valence-electron chi connectivity index (χ4n) is 2.60. The molecule has 1 fully saturated rings. The number of methoxy groups -OCH3 is 1. The van der Waals surface area contributed by atoms with E-state index in [-0.39, 0.29) is 6.61 Å². The summed E-state index contributed by atoms with van der Waals surface area (Å²) < 4.78 is 5.21. The number of benzene rings is 1. The van der Waals surface area contributed by atoms with Crippen LogP contribution >= 0.6 is 0 Å². The highest BCUT2D eigenvalue weighted by atomic mass is 16.5. The smallest absolute Gasteiger partial charge is 0.121 e. The first-order chi connectivity index (χ1) is 8.74. The van der Waals surface area contributed by atoms with Gasteiger partial charge in [0, 0.05) is 24.6 Å². The second-order valence-corrected chi connectivity index (χ2v) is 4.93. The van der Waals surface area contributed by atoms with Crippen molar-refractivity contribution in [3.63, 3.8) is 0 Å². The molecule has 0 spiro atoms. The Balaban J connectivity index is 2.11. The molecule has 4 heteroatoms. The SMILES string of the molecule is COc1ccc(N)c(NC2CCCCC2CO)c1. The lowest BCUT2D eigenvalue weighted by atomic mass is 9.85. The monoisotopic (exact) mass is 250 g/mol. The van der Waals surface area contributed by atoms with Gasteiger partial charge in [-0.3, -0.25) is 0 Å². The standard InChI is InChI=1S/C14H22N2O2/c1-18-11-6-7-12(15)14(8-11)16-13-5-3-2-4-10(13)9-17/h6-8,10,13,16-17H,2-5,9,15H2,1H3. The van der Waals surface area contributed by atoms with Crippen molar-refractivity contribution >= 4 is 11.4 Å². The molecule has 100 valence electrons. The summed E-state index contributed by atoms with van der Waals surface area (Å²) in [7, 11) is 1.65. The first kappa shape index (κ1) is 13.0. The molecule has 1 aliphatic rings. The molecule has 2 rings (SSSR count). The van der Waals surface area contributed by atoms with E-state index < -0.39 is 0 Å². The highest BCUT2D eigenvalue weighted by Gasteiger charge is 2.24. The Labute approximate surface area is 108 Å². The Hall–Kier alpha value is -1.42. The summed E-state index contributed by atoms with van der Waals surface area (Å²) in [6, 6.07) is 5.92. The maximum atomic E-state index is 9.41. The molecule has 1 aromatic rings. The number of aliphatic hydroxyl groups excluding tert-OH is 1. The van der Waals surface area contributed by atoms with Crippen molar-refractivity contribution in [3.05, 3.63) is 18.2 Å². The predicted molar refractivity (Wildman–Crippen MR) is 73.9 cm³/mol. The molecule has 0 saturated heterocycles. The summed E-state index contributed by atoms with van der Waals surface area (Å²) in [5.74, 6) is 1.12. The Morgan fingerprint density at radius 1 is 1.39 bits per heavy atom. The summed E-state index contributed by atoms with van der Waals surface area (Å²) >= 11 is 0. The molecule has 1 aliphatic carbocycles. The topological polar surface area (TPSA) is 67.5 Å². The Morgan fingerprint density at radius 2 is 2.17 bits per heavy atom. The minimum absolute atomic E-state index is 0.238.